The van der Waals surface area contributed by atoms with E-state index in [2.05, 4.69) is 68.8 Å². The number of nitrogens with one attached hydrogen (secondary N) is 2. The van der Waals surface area contributed by atoms with Crippen molar-refractivity contribution in [3.05, 3.63) is 41.5 Å². The van der Waals surface area contributed by atoms with Crippen molar-refractivity contribution in [3.63, 3.8) is 0 Å². The maximum Gasteiger partial charge on any atom is 0.248 e. The van der Waals surface area contributed by atoms with Gasteiger partial charge in [-0.25, -0.2) is 4.99 Å². The lowest BCUT2D eigenvalue weighted by Crippen LogP contribution is -2.44. The number of rotatable bonds is 5. The standard InChI is InChI=1S/C18H26N6O.HI/c1-4-19-18(20-11-17-21-14(3)23-25-17)22-15-9-10-24(12-15)16-7-5-13(2)6-8-16;/h5-8,15H,4,9-12H2,1-3H3,(H2,19,20,22);1H. The smallest absolute Gasteiger partial charge is 0.248 e. The summed E-state index contributed by atoms with van der Waals surface area (Å²) in [6, 6.07) is 9.06. The van der Waals surface area contributed by atoms with Gasteiger partial charge >= 0.3 is 0 Å². The van der Waals surface area contributed by atoms with Crippen molar-refractivity contribution in [2.24, 2.45) is 4.99 Å². The third-order valence-electron chi connectivity index (χ3n) is 4.21. The van der Waals surface area contributed by atoms with Gasteiger partial charge in [0, 0.05) is 31.4 Å². The fraction of sp³-hybridized carbons (Fsp3) is 0.500. The van der Waals surface area contributed by atoms with Crippen molar-refractivity contribution in [2.75, 3.05) is 24.5 Å². The van der Waals surface area contributed by atoms with Crippen LogP contribution in [0.4, 0.5) is 5.69 Å². The molecule has 0 radical (unpaired) electrons. The van der Waals surface area contributed by atoms with Crippen LogP contribution in [-0.4, -0.2) is 41.8 Å². The summed E-state index contributed by atoms with van der Waals surface area (Å²) in [7, 11) is 0. The largest absolute Gasteiger partial charge is 0.369 e. The second kappa shape index (κ2) is 9.75. The molecule has 1 atom stereocenters. The van der Waals surface area contributed by atoms with Gasteiger partial charge in [-0.15, -0.1) is 24.0 Å². The van der Waals surface area contributed by atoms with E-state index in [0.717, 1.165) is 32.0 Å². The van der Waals surface area contributed by atoms with E-state index < -0.39 is 0 Å². The van der Waals surface area contributed by atoms with Crippen LogP contribution in [0.2, 0.25) is 0 Å². The van der Waals surface area contributed by atoms with Crippen molar-refractivity contribution in [1.29, 1.82) is 0 Å². The normalized spacial score (nSPS) is 17.1. The topological polar surface area (TPSA) is 78.6 Å². The maximum atomic E-state index is 5.12. The van der Waals surface area contributed by atoms with E-state index in [4.69, 9.17) is 4.52 Å². The predicted molar refractivity (Wildman–Crippen MR) is 114 cm³/mol. The van der Waals surface area contributed by atoms with Gasteiger partial charge in [-0.2, -0.15) is 4.98 Å². The number of guanidine groups is 1. The molecule has 0 bridgehead atoms. The average Bonchev–Trinajstić information content (AvgIpc) is 3.23. The summed E-state index contributed by atoms with van der Waals surface area (Å²) in [4.78, 5) is 11.1. The first kappa shape index (κ1) is 20.5. The first-order valence-corrected chi connectivity index (χ1v) is 8.79. The second-order valence-corrected chi connectivity index (χ2v) is 6.34. The van der Waals surface area contributed by atoms with Gasteiger partial charge in [0.1, 0.15) is 6.54 Å². The van der Waals surface area contributed by atoms with Crippen molar-refractivity contribution < 1.29 is 4.52 Å². The first-order valence-electron chi connectivity index (χ1n) is 8.79. The summed E-state index contributed by atoms with van der Waals surface area (Å²) in [5, 5.41) is 10.6. The Bertz CT molecular complexity index is 715. The van der Waals surface area contributed by atoms with Crippen LogP contribution in [0, 0.1) is 13.8 Å². The molecular weight excluding hydrogens is 443 g/mol. The fourth-order valence-corrected chi connectivity index (χ4v) is 2.93. The Morgan fingerprint density at radius 1 is 1.31 bits per heavy atom. The van der Waals surface area contributed by atoms with Crippen LogP contribution in [-0.2, 0) is 6.54 Å². The SMILES string of the molecule is CCNC(=NCc1nc(C)no1)NC1CCN(c2ccc(C)cc2)C1.I. The average molecular weight is 470 g/mol. The Kier molecular flexibility index (Phi) is 7.67. The van der Waals surface area contributed by atoms with Gasteiger partial charge in [0.15, 0.2) is 11.8 Å². The van der Waals surface area contributed by atoms with Gasteiger partial charge in [0.05, 0.1) is 0 Å². The zero-order valence-electron chi connectivity index (χ0n) is 15.5. The molecule has 1 saturated heterocycles. The van der Waals surface area contributed by atoms with Crippen molar-refractivity contribution in [2.45, 2.75) is 39.8 Å². The molecule has 0 saturated carbocycles. The number of anilines is 1. The van der Waals surface area contributed by atoms with E-state index in [9.17, 15) is 0 Å². The Labute approximate surface area is 171 Å². The van der Waals surface area contributed by atoms with Crippen LogP contribution in [0.15, 0.2) is 33.8 Å². The molecule has 1 fully saturated rings. The highest BCUT2D eigenvalue weighted by molar-refractivity contribution is 14.0. The molecule has 2 heterocycles. The zero-order valence-corrected chi connectivity index (χ0v) is 17.9. The number of aromatic nitrogens is 2. The van der Waals surface area contributed by atoms with Crippen LogP contribution >= 0.6 is 24.0 Å². The molecule has 1 unspecified atom stereocenters. The third kappa shape index (κ3) is 5.58. The molecule has 0 aliphatic carbocycles. The van der Waals surface area contributed by atoms with Crippen molar-refractivity contribution in [3.8, 4) is 0 Å². The van der Waals surface area contributed by atoms with Crippen molar-refractivity contribution in [1.82, 2.24) is 20.8 Å². The van der Waals surface area contributed by atoms with Gasteiger partial charge in [-0.05, 0) is 39.3 Å². The Morgan fingerprint density at radius 3 is 2.73 bits per heavy atom. The highest BCUT2D eigenvalue weighted by Crippen LogP contribution is 2.20. The lowest BCUT2D eigenvalue weighted by atomic mass is 10.2. The third-order valence-corrected chi connectivity index (χ3v) is 4.21. The summed E-state index contributed by atoms with van der Waals surface area (Å²) in [6.45, 7) is 9.17. The molecule has 142 valence electrons. The maximum absolute atomic E-state index is 5.12. The summed E-state index contributed by atoms with van der Waals surface area (Å²) in [5.41, 5.74) is 2.56. The predicted octanol–water partition coefficient (Wildman–Crippen LogP) is 2.64. The quantitative estimate of drug-likeness (QED) is 0.398. The van der Waals surface area contributed by atoms with E-state index in [0.29, 0.717) is 24.3 Å². The summed E-state index contributed by atoms with van der Waals surface area (Å²) in [5.74, 6) is 1.95. The number of hydrogen-bond donors (Lipinski definition) is 2. The van der Waals surface area contributed by atoms with Crippen LogP contribution in [0.1, 0.15) is 30.6 Å². The molecule has 0 spiro atoms. The van der Waals surface area contributed by atoms with E-state index in [1.54, 1.807) is 6.92 Å². The van der Waals surface area contributed by atoms with Gasteiger partial charge in [-0.1, -0.05) is 22.9 Å². The molecule has 3 rings (SSSR count). The van der Waals surface area contributed by atoms with E-state index in [-0.39, 0.29) is 24.0 Å². The molecular formula is C18H27IN6O. The second-order valence-electron chi connectivity index (χ2n) is 6.34. The summed E-state index contributed by atoms with van der Waals surface area (Å²) in [6.07, 6.45) is 1.08. The lowest BCUT2D eigenvalue weighted by molar-refractivity contribution is 0.376. The number of aliphatic imine (C=N–C) groups is 1. The fourth-order valence-electron chi connectivity index (χ4n) is 2.93. The Balaban J connectivity index is 0.00000243. The van der Waals surface area contributed by atoms with E-state index in [1.165, 1.54) is 11.3 Å². The molecule has 2 N–H and O–H groups in total. The van der Waals surface area contributed by atoms with Crippen LogP contribution in [0.3, 0.4) is 0 Å². The minimum atomic E-state index is 0. The van der Waals surface area contributed by atoms with Crippen LogP contribution < -0.4 is 15.5 Å². The molecule has 1 aromatic heterocycles. The lowest BCUT2D eigenvalue weighted by Gasteiger charge is -2.20. The van der Waals surface area contributed by atoms with Crippen molar-refractivity contribution >= 4 is 35.6 Å². The number of benzene rings is 1. The van der Waals surface area contributed by atoms with Gasteiger partial charge < -0.3 is 20.1 Å². The number of hydrogen-bond acceptors (Lipinski definition) is 5. The molecule has 7 nitrogen and oxygen atoms in total. The Hall–Kier alpha value is -1.84. The summed E-state index contributed by atoms with van der Waals surface area (Å²) >= 11 is 0. The minimum absolute atomic E-state index is 0. The molecule has 1 aliphatic rings. The highest BCUT2D eigenvalue weighted by atomic mass is 127. The van der Waals surface area contributed by atoms with Crippen LogP contribution in [0.25, 0.3) is 0 Å². The number of halogens is 1. The summed E-state index contributed by atoms with van der Waals surface area (Å²) < 4.78 is 5.12. The highest BCUT2D eigenvalue weighted by Gasteiger charge is 2.23. The monoisotopic (exact) mass is 470 g/mol. The number of nitrogens with zero attached hydrogens (tertiary/aromatic N) is 4. The van der Waals surface area contributed by atoms with E-state index >= 15 is 0 Å². The number of aryl methyl sites for hydroxylation is 2. The minimum Gasteiger partial charge on any atom is -0.369 e. The first-order chi connectivity index (χ1) is 12.1. The molecule has 1 aromatic carbocycles. The molecule has 8 heteroatoms. The van der Waals surface area contributed by atoms with Crippen LogP contribution in [0.5, 0.6) is 0 Å². The van der Waals surface area contributed by atoms with Gasteiger partial charge in [0.25, 0.3) is 0 Å². The van der Waals surface area contributed by atoms with Gasteiger partial charge in [-0.3, -0.25) is 0 Å². The molecule has 0 amide bonds. The molecule has 26 heavy (non-hydrogen) atoms. The Morgan fingerprint density at radius 2 is 2.08 bits per heavy atom. The molecule has 2 aromatic rings. The zero-order chi connectivity index (χ0) is 17.6. The van der Waals surface area contributed by atoms with E-state index in [1.807, 2.05) is 0 Å². The molecule has 1 aliphatic heterocycles. The van der Waals surface area contributed by atoms with Gasteiger partial charge in [0.2, 0.25) is 5.89 Å².